The molecular weight excluding hydrogens is 366 g/mol. The van der Waals surface area contributed by atoms with Crippen LogP contribution in [0.2, 0.25) is 5.02 Å². The van der Waals surface area contributed by atoms with E-state index in [9.17, 15) is 4.79 Å². The normalized spacial score (nSPS) is 14.7. The molecule has 0 saturated carbocycles. The summed E-state index contributed by atoms with van der Waals surface area (Å²) in [5.41, 5.74) is 1.93. The molecule has 1 saturated heterocycles. The van der Waals surface area contributed by atoms with Gasteiger partial charge in [-0.05, 0) is 24.8 Å². The van der Waals surface area contributed by atoms with Crippen molar-refractivity contribution in [1.29, 1.82) is 0 Å². The van der Waals surface area contributed by atoms with Gasteiger partial charge in [-0.1, -0.05) is 18.5 Å². The first kappa shape index (κ1) is 19.3. The van der Waals surface area contributed by atoms with Crippen LogP contribution >= 0.6 is 11.6 Å². The highest BCUT2D eigenvalue weighted by molar-refractivity contribution is 6.32. The number of carbonyl (C=O) groups excluding carboxylic acids is 1. The molecule has 1 amide bonds. The minimum absolute atomic E-state index is 0.0127. The first-order valence-corrected chi connectivity index (χ1v) is 9.32. The molecule has 0 bridgehead atoms. The number of ether oxygens (including phenoxy) is 2. The summed E-state index contributed by atoms with van der Waals surface area (Å²) in [6, 6.07) is 5.23. The predicted molar refractivity (Wildman–Crippen MR) is 106 cm³/mol. The van der Waals surface area contributed by atoms with Crippen LogP contribution in [0.5, 0.6) is 11.5 Å². The third kappa shape index (κ3) is 4.45. The Labute approximate surface area is 164 Å². The third-order valence-electron chi connectivity index (χ3n) is 4.81. The Morgan fingerprint density at radius 1 is 1.15 bits per heavy atom. The van der Waals surface area contributed by atoms with Crippen molar-refractivity contribution in [3.05, 3.63) is 41.2 Å². The molecule has 1 fully saturated rings. The van der Waals surface area contributed by atoms with Crippen LogP contribution < -0.4 is 14.8 Å². The number of benzene rings is 1. The van der Waals surface area contributed by atoms with Gasteiger partial charge in [-0.3, -0.25) is 9.78 Å². The van der Waals surface area contributed by atoms with Gasteiger partial charge in [-0.2, -0.15) is 0 Å². The number of likely N-dealkylation sites (tertiary alicyclic amines) is 1. The second-order valence-corrected chi connectivity index (χ2v) is 7.16. The minimum atomic E-state index is 0.0127. The van der Waals surface area contributed by atoms with Crippen LogP contribution in [-0.2, 0) is 0 Å². The van der Waals surface area contributed by atoms with Gasteiger partial charge in [-0.25, -0.2) is 0 Å². The van der Waals surface area contributed by atoms with Crippen molar-refractivity contribution in [1.82, 2.24) is 9.88 Å². The molecule has 1 aromatic heterocycles. The van der Waals surface area contributed by atoms with Gasteiger partial charge in [0.15, 0.2) is 0 Å². The van der Waals surface area contributed by atoms with Gasteiger partial charge in [0.25, 0.3) is 5.91 Å². The number of hydrogen-bond donors (Lipinski definition) is 1. The molecule has 0 spiro atoms. The molecule has 1 aliphatic rings. The first-order valence-electron chi connectivity index (χ1n) is 8.94. The van der Waals surface area contributed by atoms with Crippen molar-refractivity contribution in [3.63, 3.8) is 0 Å². The molecule has 6 nitrogen and oxygen atoms in total. The summed E-state index contributed by atoms with van der Waals surface area (Å²) in [7, 11) is 3.12. The van der Waals surface area contributed by atoms with Crippen LogP contribution in [-0.4, -0.2) is 43.1 Å². The number of piperidine rings is 1. The Morgan fingerprint density at radius 2 is 1.85 bits per heavy atom. The number of pyridine rings is 1. The summed E-state index contributed by atoms with van der Waals surface area (Å²) in [6.45, 7) is 3.81. The van der Waals surface area contributed by atoms with E-state index < -0.39 is 0 Å². The predicted octanol–water partition coefficient (Wildman–Crippen LogP) is 4.37. The van der Waals surface area contributed by atoms with E-state index in [2.05, 4.69) is 17.2 Å². The van der Waals surface area contributed by atoms with Crippen LogP contribution in [0.1, 0.15) is 30.1 Å². The average Bonchev–Trinajstić information content (AvgIpc) is 2.69. The van der Waals surface area contributed by atoms with Crippen molar-refractivity contribution in [3.8, 4) is 11.5 Å². The second-order valence-electron chi connectivity index (χ2n) is 6.75. The Kier molecular flexibility index (Phi) is 6.06. The maximum absolute atomic E-state index is 12.8. The zero-order valence-electron chi connectivity index (χ0n) is 15.8. The monoisotopic (exact) mass is 389 g/mol. The summed E-state index contributed by atoms with van der Waals surface area (Å²) in [5.74, 6) is 1.79. The van der Waals surface area contributed by atoms with Crippen LogP contribution in [0.4, 0.5) is 11.4 Å². The molecule has 0 radical (unpaired) electrons. The number of rotatable bonds is 5. The molecule has 7 heteroatoms. The molecule has 144 valence electrons. The number of carbonyl (C=O) groups is 1. The fourth-order valence-electron chi connectivity index (χ4n) is 3.13. The molecular formula is C20H24ClN3O3. The molecule has 1 aliphatic heterocycles. The Hall–Kier alpha value is -2.47. The largest absolute Gasteiger partial charge is 0.495 e. The van der Waals surface area contributed by atoms with E-state index in [1.165, 1.54) is 0 Å². The quantitative estimate of drug-likeness (QED) is 0.822. The highest BCUT2D eigenvalue weighted by Gasteiger charge is 2.22. The van der Waals surface area contributed by atoms with Crippen molar-refractivity contribution in [2.24, 2.45) is 5.92 Å². The van der Waals surface area contributed by atoms with E-state index >= 15 is 0 Å². The number of nitrogens with one attached hydrogen (secondary N) is 1. The number of nitrogens with zero attached hydrogens (tertiary/aromatic N) is 2. The summed E-state index contributed by atoms with van der Waals surface area (Å²) >= 11 is 6.15. The lowest BCUT2D eigenvalue weighted by Gasteiger charge is -2.30. The molecule has 1 aromatic carbocycles. The van der Waals surface area contributed by atoms with Gasteiger partial charge in [-0.15, -0.1) is 0 Å². The maximum atomic E-state index is 12.8. The van der Waals surface area contributed by atoms with Gasteiger partial charge < -0.3 is 19.7 Å². The molecule has 27 heavy (non-hydrogen) atoms. The van der Waals surface area contributed by atoms with Gasteiger partial charge in [0.1, 0.15) is 11.5 Å². The molecule has 2 heterocycles. The van der Waals surface area contributed by atoms with Gasteiger partial charge >= 0.3 is 0 Å². The molecule has 2 aromatic rings. The lowest BCUT2D eigenvalue weighted by molar-refractivity contribution is 0.0697. The lowest BCUT2D eigenvalue weighted by Crippen LogP contribution is -2.37. The number of hydrogen-bond acceptors (Lipinski definition) is 5. The number of aromatic nitrogens is 1. The number of amides is 1. The molecule has 3 rings (SSSR count). The van der Waals surface area contributed by atoms with E-state index in [0.717, 1.165) is 25.9 Å². The Bertz CT molecular complexity index is 820. The minimum Gasteiger partial charge on any atom is -0.495 e. The summed E-state index contributed by atoms with van der Waals surface area (Å²) in [5, 5.41) is 3.69. The number of methoxy groups -OCH3 is 2. The fraction of sp³-hybridized carbons (Fsp3) is 0.400. The maximum Gasteiger partial charge on any atom is 0.255 e. The lowest BCUT2D eigenvalue weighted by atomic mass is 9.99. The number of halogens is 1. The molecule has 0 aliphatic carbocycles. The summed E-state index contributed by atoms with van der Waals surface area (Å²) < 4.78 is 10.7. The number of anilines is 2. The van der Waals surface area contributed by atoms with Crippen molar-refractivity contribution in [2.45, 2.75) is 19.8 Å². The first-order chi connectivity index (χ1) is 13.0. The van der Waals surface area contributed by atoms with Crippen molar-refractivity contribution >= 4 is 28.9 Å². The van der Waals surface area contributed by atoms with Crippen LogP contribution in [0.25, 0.3) is 0 Å². The Balaban J connectivity index is 1.81. The molecule has 0 unspecified atom stereocenters. The van der Waals surface area contributed by atoms with Gasteiger partial charge in [0.05, 0.1) is 42.4 Å². The van der Waals surface area contributed by atoms with Crippen molar-refractivity contribution < 1.29 is 14.3 Å². The highest BCUT2D eigenvalue weighted by atomic mass is 35.5. The van der Waals surface area contributed by atoms with Gasteiger partial charge in [0.2, 0.25) is 0 Å². The zero-order valence-corrected chi connectivity index (χ0v) is 16.5. The third-order valence-corrected chi connectivity index (χ3v) is 5.10. The molecule has 1 N–H and O–H groups in total. The standard InChI is InChI=1S/C20H24ClN3O3/c1-13-4-6-24(7-5-13)20(25)14-8-15(12-22-11-14)23-17-10-18(26-2)16(21)9-19(17)27-3/h8-13,23H,4-7H2,1-3H3. The second kappa shape index (κ2) is 8.48. The van der Waals surface area contributed by atoms with Gasteiger partial charge in [0, 0.05) is 31.4 Å². The van der Waals surface area contributed by atoms with E-state index in [0.29, 0.717) is 39.4 Å². The SMILES string of the molecule is COc1cc(Nc2cncc(C(=O)N3CCC(C)CC3)c2)c(OC)cc1Cl. The molecule has 0 atom stereocenters. The van der Waals surface area contributed by atoms with Crippen LogP contribution in [0, 0.1) is 5.92 Å². The van der Waals surface area contributed by atoms with E-state index in [1.54, 1.807) is 44.8 Å². The highest BCUT2D eigenvalue weighted by Crippen LogP contribution is 2.37. The van der Waals surface area contributed by atoms with Crippen LogP contribution in [0.15, 0.2) is 30.6 Å². The Morgan fingerprint density at radius 3 is 2.52 bits per heavy atom. The summed E-state index contributed by atoms with van der Waals surface area (Å²) in [4.78, 5) is 18.9. The summed E-state index contributed by atoms with van der Waals surface area (Å²) in [6.07, 6.45) is 5.35. The van der Waals surface area contributed by atoms with Crippen LogP contribution in [0.3, 0.4) is 0 Å². The van der Waals surface area contributed by atoms with E-state index in [4.69, 9.17) is 21.1 Å². The average molecular weight is 390 g/mol. The van der Waals surface area contributed by atoms with E-state index in [1.807, 2.05) is 4.90 Å². The zero-order chi connectivity index (χ0) is 19.4. The smallest absolute Gasteiger partial charge is 0.255 e. The topological polar surface area (TPSA) is 63.7 Å². The fourth-order valence-corrected chi connectivity index (χ4v) is 3.36. The van der Waals surface area contributed by atoms with Crippen molar-refractivity contribution in [2.75, 3.05) is 32.6 Å². The van der Waals surface area contributed by atoms with E-state index in [-0.39, 0.29) is 5.91 Å².